The number of alkyl halides is 1. The molecule has 1 aliphatic rings. The Morgan fingerprint density at radius 3 is 2.61 bits per heavy atom. The van der Waals surface area contributed by atoms with Gasteiger partial charge in [-0.3, -0.25) is 0 Å². The van der Waals surface area contributed by atoms with Crippen molar-refractivity contribution in [3.63, 3.8) is 0 Å². The highest BCUT2D eigenvalue weighted by Gasteiger charge is 2.28. The molecular weight excluding hydrogens is 270 g/mol. The van der Waals surface area contributed by atoms with Crippen LogP contribution < -0.4 is 4.72 Å². The van der Waals surface area contributed by atoms with Crippen molar-refractivity contribution in [3.8, 4) is 0 Å². The molecule has 18 heavy (non-hydrogen) atoms. The van der Waals surface area contributed by atoms with E-state index in [0.717, 1.165) is 24.0 Å². The van der Waals surface area contributed by atoms with E-state index in [1.54, 1.807) is 6.07 Å². The molecule has 0 saturated heterocycles. The quantitative estimate of drug-likeness (QED) is 0.865. The Kier molecular flexibility index (Phi) is 3.99. The third-order valence-electron chi connectivity index (χ3n) is 3.37. The molecule has 100 valence electrons. The summed E-state index contributed by atoms with van der Waals surface area (Å²) >= 11 is 5.88. The summed E-state index contributed by atoms with van der Waals surface area (Å²) in [6.07, 6.45) is 1.80. The number of aryl methyl sites for hydroxylation is 2. The molecule has 0 atom stereocenters. The van der Waals surface area contributed by atoms with Gasteiger partial charge in [0.05, 0.1) is 4.90 Å². The van der Waals surface area contributed by atoms with E-state index in [-0.39, 0.29) is 5.38 Å². The molecule has 0 bridgehead atoms. The number of sulfonamides is 1. The zero-order chi connectivity index (χ0) is 13.3. The molecule has 0 aliphatic heterocycles. The summed E-state index contributed by atoms with van der Waals surface area (Å²) in [5.41, 5.74) is 1.72. The lowest BCUT2D eigenvalue weighted by molar-refractivity contribution is 0.324. The Morgan fingerprint density at radius 2 is 2.00 bits per heavy atom. The smallest absolute Gasteiger partial charge is 0.211 e. The van der Waals surface area contributed by atoms with Crippen LogP contribution in [0.3, 0.4) is 0 Å². The monoisotopic (exact) mass is 287 g/mol. The average Bonchev–Trinajstić information content (AvgIpc) is 2.26. The van der Waals surface area contributed by atoms with Gasteiger partial charge in [-0.15, -0.1) is 11.6 Å². The second-order valence-electron chi connectivity index (χ2n) is 5.06. The van der Waals surface area contributed by atoms with Crippen molar-refractivity contribution in [1.29, 1.82) is 0 Å². The predicted octanol–water partition coefficient (Wildman–Crippen LogP) is 2.60. The summed E-state index contributed by atoms with van der Waals surface area (Å²) in [5.74, 6) is 0.382. The first-order valence-corrected chi connectivity index (χ1v) is 8.01. The van der Waals surface area contributed by atoms with Crippen LogP contribution in [0.4, 0.5) is 0 Å². The molecule has 1 N–H and O–H groups in total. The van der Waals surface area contributed by atoms with Crippen LogP contribution in [-0.4, -0.2) is 20.3 Å². The van der Waals surface area contributed by atoms with Gasteiger partial charge in [-0.25, -0.2) is 13.1 Å². The molecule has 5 heteroatoms. The Bertz CT molecular complexity index is 536. The third kappa shape index (κ3) is 3.05. The lowest BCUT2D eigenvalue weighted by atomic mass is 9.85. The predicted molar refractivity (Wildman–Crippen MR) is 73.5 cm³/mol. The molecule has 1 aliphatic carbocycles. The van der Waals surface area contributed by atoms with E-state index in [4.69, 9.17) is 11.6 Å². The van der Waals surface area contributed by atoms with Crippen LogP contribution in [0.15, 0.2) is 23.1 Å². The van der Waals surface area contributed by atoms with Crippen LogP contribution in [0.25, 0.3) is 0 Å². The van der Waals surface area contributed by atoms with Crippen molar-refractivity contribution in [2.45, 2.75) is 37.0 Å². The topological polar surface area (TPSA) is 46.2 Å². The summed E-state index contributed by atoms with van der Waals surface area (Å²) < 4.78 is 27.1. The average molecular weight is 288 g/mol. The molecule has 1 fully saturated rings. The summed E-state index contributed by atoms with van der Waals surface area (Å²) in [5, 5.41) is 0.222. The van der Waals surface area contributed by atoms with Gasteiger partial charge in [0.15, 0.2) is 0 Å². The van der Waals surface area contributed by atoms with Crippen LogP contribution in [0.2, 0.25) is 0 Å². The third-order valence-corrected chi connectivity index (χ3v) is 5.30. The summed E-state index contributed by atoms with van der Waals surface area (Å²) in [4.78, 5) is 0.379. The summed E-state index contributed by atoms with van der Waals surface area (Å²) in [7, 11) is -3.40. The van der Waals surface area contributed by atoms with Crippen molar-refractivity contribution in [3.05, 3.63) is 29.3 Å². The number of halogens is 1. The zero-order valence-electron chi connectivity index (χ0n) is 10.6. The standard InChI is InChI=1S/C13H18ClNO2S/c1-9-3-4-10(2)13(5-9)18(16,17)15-8-11-6-12(14)7-11/h3-5,11-12,15H,6-8H2,1-2H3. The fourth-order valence-corrected chi connectivity index (χ4v) is 4.07. The maximum Gasteiger partial charge on any atom is 0.240 e. The molecule has 0 amide bonds. The molecule has 0 heterocycles. The van der Waals surface area contributed by atoms with Gasteiger partial charge in [-0.05, 0) is 49.8 Å². The number of benzene rings is 1. The van der Waals surface area contributed by atoms with Gasteiger partial charge in [0.25, 0.3) is 0 Å². The second kappa shape index (κ2) is 5.19. The van der Waals surface area contributed by atoms with Gasteiger partial charge in [0.2, 0.25) is 10.0 Å². The van der Waals surface area contributed by atoms with Crippen LogP contribution in [0, 0.1) is 19.8 Å². The van der Waals surface area contributed by atoms with Crippen LogP contribution in [-0.2, 0) is 10.0 Å². The first kappa shape index (κ1) is 13.8. The molecule has 0 radical (unpaired) electrons. The molecule has 3 nitrogen and oxygen atoms in total. The molecule has 0 unspecified atom stereocenters. The first-order valence-electron chi connectivity index (χ1n) is 6.09. The Labute approximate surface area is 114 Å². The van der Waals surface area contributed by atoms with Gasteiger partial charge in [0.1, 0.15) is 0 Å². The molecule has 2 rings (SSSR count). The van der Waals surface area contributed by atoms with Gasteiger partial charge in [-0.1, -0.05) is 12.1 Å². The van der Waals surface area contributed by atoms with E-state index in [2.05, 4.69) is 4.72 Å². The summed E-state index contributed by atoms with van der Waals surface area (Å²) in [6.45, 7) is 4.19. The molecular formula is C13H18ClNO2S. The van der Waals surface area contributed by atoms with E-state index in [0.29, 0.717) is 17.4 Å². The first-order chi connectivity index (χ1) is 8.38. The van der Waals surface area contributed by atoms with Crippen LogP contribution in [0.5, 0.6) is 0 Å². The van der Waals surface area contributed by atoms with E-state index in [1.165, 1.54) is 0 Å². The van der Waals surface area contributed by atoms with Crippen molar-refractivity contribution < 1.29 is 8.42 Å². The number of rotatable bonds is 4. The highest BCUT2D eigenvalue weighted by Crippen LogP contribution is 2.31. The minimum Gasteiger partial charge on any atom is -0.211 e. The van der Waals surface area contributed by atoms with Gasteiger partial charge < -0.3 is 0 Å². The minimum atomic E-state index is -3.40. The minimum absolute atomic E-state index is 0.222. The zero-order valence-corrected chi connectivity index (χ0v) is 12.2. The summed E-state index contributed by atoms with van der Waals surface area (Å²) in [6, 6.07) is 5.46. The molecule has 1 aromatic carbocycles. The fourth-order valence-electron chi connectivity index (χ4n) is 2.12. The van der Waals surface area contributed by atoms with Crippen molar-refractivity contribution in [1.82, 2.24) is 4.72 Å². The lowest BCUT2D eigenvalue weighted by Gasteiger charge is -2.30. The van der Waals surface area contributed by atoms with Crippen molar-refractivity contribution in [2.24, 2.45) is 5.92 Å². The van der Waals surface area contributed by atoms with Crippen molar-refractivity contribution in [2.75, 3.05) is 6.54 Å². The van der Waals surface area contributed by atoms with Crippen molar-refractivity contribution >= 4 is 21.6 Å². The highest BCUT2D eigenvalue weighted by molar-refractivity contribution is 7.89. The van der Waals surface area contributed by atoms with Gasteiger partial charge in [-0.2, -0.15) is 0 Å². The Morgan fingerprint density at radius 1 is 1.33 bits per heavy atom. The molecule has 1 saturated carbocycles. The van der Waals surface area contributed by atoms with Crippen LogP contribution >= 0.6 is 11.6 Å². The van der Waals surface area contributed by atoms with E-state index < -0.39 is 10.0 Å². The van der Waals surface area contributed by atoms with Gasteiger partial charge in [0, 0.05) is 11.9 Å². The number of nitrogens with one attached hydrogen (secondary N) is 1. The SMILES string of the molecule is Cc1ccc(C)c(S(=O)(=O)NCC2CC(Cl)C2)c1. The molecule has 1 aromatic rings. The van der Waals surface area contributed by atoms with Gasteiger partial charge >= 0.3 is 0 Å². The van der Waals surface area contributed by atoms with E-state index in [1.807, 2.05) is 26.0 Å². The van der Waals surface area contributed by atoms with E-state index in [9.17, 15) is 8.42 Å². The largest absolute Gasteiger partial charge is 0.240 e. The second-order valence-corrected chi connectivity index (χ2v) is 7.41. The maximum atomic E-state index is 12.2. The molecule has 0 spiro atoms. The van der Waals surface area contributed by atoms with Crippen LogP contribution in [0.1, 0.15) is 24.0 Å². The number of hydrogen-bond donors (Lipinski definition) is 1. The van der Waals surface area contributed by atoms with E-state index >= 15 is 0 Å². The Hall–Kier alpha value is -0.580. The normalized spacial score (nSPS) is 23.7. The number of hydrogen-bond acceptors (Lipinski definition) is 2. The fraction of sp³-hybridized carbons (Fsp3) is 0.538. The lowest BCUT2D eigenvalue weighted by Crippen LogP contribution is -2.36. The Balaban J connectivity index is 2.08. The molecule has 0 aromatic heterocycles. The maximum absolute atomic E-state index is 12.2. The highest BCUT2D eigenvalue weighted by atomic mass is 35.5.